The van der Waals surface area contributed by atoms with E-state index in [0.717, 1.165) is 17.0 Å². The van der Waals surface area contributed by atoms with Crippen molar-refractivity contribution in [2.24, 2.45) is 0 Å². The lowest BCUT2D eigenvalue weighted by Gasteiger charge is -2.33. The monoisotopic (exact) mass is 643 g/mol. The minimum atomic E-state index is -4.76. The number of halogens is 5. The smallest absolute Gasteiger partial charge is 0.350 e. The molecule has 226 valence electrons. The van der Waals surface area contributed by atoms with Crippen molar-refractivity contribution in [1.82, 2.24) is 10.2 Å². The maximum Gasteiger partial charge on any atom is 0.416 e. The van der Waals surface area contributed by atoms with Crippen LogP contribution in [-0.2, 0) is 32.3 Å². The summed E-state index contributed by atoms with van der Waals surface area (Å²) >= 11 is 12.4. The average Bonchev–Trinajstić information content (AvgIpc) is 2.90. The van der Waals surface area contributed by atoms with Crippen LogP contribution in [0.1, 0.15) is 38.8 Å². The molecule has 0 aliphatic heterocycles. The van der Waals surface area contributed by atoms with E-state index >= 15 is 0 Å². The Bertz CT molecular complexity index is 1550. The fraction of sp³-hybridized carbons (Fsp3) is 0.310. The van der Waals surface area contributed by atoms with Gasteiger partial charge in [0.1, 0.15) is 12.6 Å². The van der Waals surface area contributed by atoms with E-state index < -0.39 is 51.7 Å². The van der Waals surface area contributed by atoms with Crippen LogP contribution in [-0.4, -0.2) is 43.3 Å². The highest BCUT2D eigenvalue weighted by molar-refractivity contribution is 7.92. The summed E-state index contributed by atoms with van der Waals surface area (Å²) in [5.41, 5.74) is -1.71. The first kappa shape index (κ1) is 33.2. The number of alkyl halides is 3. The topological polar surface area (TPSA) is 86.8 Å². The number of carbonyl (C=O) groups excluding carboxylic acids is 2. The average molecular weight is 645 g/mol. The highest BCUT2D eigenvalue weighted by Gasteiger charge is 2.36. The molecule has 0 fully saturated rings. The lowest BCUT2D eigenvalue weighted by Crippen LogP contribution is -2.54. The third kappa shape index (κ3) is 8.39. The maximum absolute atomic E-state index is 13.9. The van der Waals surface area contributed by atoms with Crippen LogP contribution < -0.4 is 9.62 Å². The van der Waals surface area contributed by atoms with Crippen molar-refractivity contribution < 1.29 is 31.2 Å². The Morgan fingerprint density at radius 3 is 2.14 bits per heavy atom. The van der Waals surface area contributed by atoms with Crippen molar-refractivity contribution in [2.45, 2.75) is 56.9 Å². The van der Waals surface area contributed by atoms with Crippen LogP contribution in [0.25, 0.3) is 0 Å². The Hall–Kier alpha value is -3.28. The van der Waals surface area contributed by atoms with Gasteiger partial charge in [0.25, 0.3) is 10.0 Å². The molecule has 1 unspecified atom stereocenters. The largest absolute Gasteiger partial charge is 0.416 e. The van der Waals surface area contributed by atoms with Crippen LogP contribution in [0.15, 0.2) is 77.7 Å². The molecule has 2 amide bonds. The zero-order valence-electron chi connectivity index (χ0n) is 23.2. The molecule has 0 saturated heterocycles. The molecular formula is C29H30Cl2F3N3O4S. The van der Waals surface area contributed by atoms with E-state index in [1.807, 2.05) is 0 Å². The Morgan fingerprint density at radius 2 is 1.57 bits per heavy atom. The highest BCUT2D eigenvalue weighted by atomic mass is 35.5. The Kier molecular flexibility index (Phi) is 10.2. The molecule has 1 N–H and O–H groups in total. The number of anilines is 1. The summed E-state index contributed by atoms with van der Waals surface area (Å²) in [5, 5.41) is 3.33. The number of rotatable bonds is 9. The number of sulfonamides is 1. The van der Waals surface area contributed by atoms with Crippen LogP contribution in [0.4, 0.5) is 18.9 Å². The van der Waals surface area contributed by atoms with Gasteiger partial charge in [0, 0.05) is 22.1 Å². The first-order valence-corrected chi connectivity index (χ1v) is 14.9. The van der Waals surface area contributed by atoms with Gasteiger partial charge >= 0.3 is 6.18 Å². The molecule has 0 bridgehead atoms. The number of hydrogen-bond acceptors (Lipinski definition) is 4. The van der Waals surface area contributed by atoms with Crippen LogP contribution in [0.2, 0.25) is 10.0 Å². The molecule has 1 atom stereocenters. The lowest BCUT2D eigenvalue weighted by atomic mass is 10.1. The zero-order chi connectivity index (χ0) is 31.5. The number of amides is 2. The standard InChI is InChI=1S/C29H30Cl2F3N3O4S/c1-19(27(39)35-28(2,3)4)36(17-20-13-14-22(30)16-25(20)31)26(38)18-37(42(40,41)24-11-6-5-7-12-24)23-10-8-9-21(15-23)29(32,33)34/h5-16,19H,17-18H2,1-4H3,(H,35,39). The molecule has 13 heteroatoms. The van der Waals surface area contributed by atoms with Gasteiger partial charge in [-0.3, -0.25) is 13.9 Å². The van der Waals surface area contributed by atoms with Gasteiger partial charge in [-0.05, 0) is 75.7 Å². The van der Waals surface area contributed by atoms with Crippen molar-refractivity contribution in [3.63, 3.8) is 0 Å². The summed E-state index contributed by atoms with van der Waals surface area (Å²) in [6, 6.07) is 14.1. The number of nitrogens with zero attached hydrogens (tertiary/aromatic N) is 2. The van der Waals surface area contributed by atoms with Gasteiger partial charge in [-0.1, -0.05) is 53.5 Å². The van der Waals surface area contributed by atoms with Crippen LogP contribution in [0.5, 0.6) is 0 Å². The van der Waals surface area contributed by atoms with E-state index in [0.29, 0.717) is 21.0 Å². The third-order valence-corrected chi connectivity index (χ3v) is 8.47. The van der Waals surface area contributed by atoms with E-state index in [9.17, 15) is 31.2 Å². The zero-order valence-corrected chi connectivity index (χ0v) is 25.6. The Labute approximate surface area is 253 Å². The molecule has 0 aromatic heterocycles. The maximum atomic E-state index is 13.9. The number of carbonyl (C=O) groups is 2. The normalized spacial score (nSPS) is 12.9. The number of nitrogens with one attached hydrogen (secondary N) is 1. The summed E-state index contributed by atoms with van der Waals surface area (Å²) in [6.45, 7) is 5.60. The Balaban J connectivity index is 2.11. The minimum Gasteiger partial charge on any atom is -0.350 e. The summed E-state index contributed by atoms with van der Waals surface area (Å²) < 4.78 is 68.8. The van der Waals surface area contributed by atoms with E-state index in [1.54, 1.807) is 39.0 Å². The quantitative estimate of drug-likeness (QED) is 0.287. The van der Waals surface area contributed by atoms with Gasteiger partial charge < -0.3 is 10.2 Å². The van der Waals surface area contributed by atoms with E-state index in [1.165, 1.54) is 43.3 Å². The van der Waals surface area contributed by atoms with Gasteiger partial charge in [-0.25, -0.2) is 8.42 Å². The summed E-state index contributed by atoms with van der Waals surface area (Å²) in [4.78, 5) is 28.0. The fourth-order valence-corrected chi connectivity index (χ4v) is 5.87. The van der Waals surface area contributed by atoms with Crippen molar-refractivity contribution in [2.75, 3.05) is 10.8 Å². The fourth-order valence-electron chi connectivity index (χ4n) is 3.98. The number of benzene rings is 3. The highest BCUT2D eigenvalue weighted by Crippen LogP contribution is 2.33. The molecule has 0 spiro atoms. The lowest BCUT2D eigenvalue weighted by molar-refractivity contribution is -0.140. The molecule has 42 heavy (non-hydrogen) atoms. The first-order valence-electron chi connectivity index (χ1n) is 12.7. The van der Waals surface area contributed by atoms with Crippen molar-refractivity contribution in [3.05, 3.63) is 94.0 Å². The van der Waals surface area contributed by atoms with E-state index in [-0.39, 0.29) is 22.2 Å². The summed E-state index contributed by atoms with van der Waals surface area (Å²) in [6.07, 6.45) is -4.76. The van der Waals surface area contributed by atoms with Gasteiger partial charge in [0.05, 0.1) is 16.1 Å². The second-order valence-corrected chi connectivity index (χ2v) is 13.3. The van der Waals surface area contributed by atoms with Crippen molar-refractivity contribution >= 4 is 50.7 Å². The van der Waals surface area contributed by atoms with E-state index in [4.69, 9.17) is 23.2 Å². The van der Waals surface area contributed by atoms with Gasteiger partial charge in [0.15, 0.2) is 0 Å². The molecular weight excluding hydrogens is 614 g/mol. The molecule has 0 aliphatic carbocycles. The van der Waals surface area contributed by atoms with Crippen molar-refractivity contribution in [1.29, 1.82) is 0 Å². The molecule has 7 nitrogen and oxygen atoms in total. The molecule has 0 heterocycles. The summed E-state index contributed by atoms with van der Waals surface area (Å²) in [5.74, 6) is -1.38. The summed E-state index contributed by atoms with van der Waals surface area (Å²) in [7, 11) is -4.53. The molecule has 3 aromatic carbocycles. The van der Waals surface area contributed by atoms with Crippen LogP contribution in [0.3, 0.4) is 0 Å². The van der Waals surface area contributed by atoms with Crippen molar-refractivity contribution in [3.8, 4) is 0 Å². The Morgan fingerprint density at radius 1 is 0.929 bits per heavy atom. The van der Waals surface area contributed by atoms with Gasteiger partial charge in [-0.15, -0.1) is 0 Å². The molecule has 0 aliphatic rings. The van der Waals surface area contributed by atoms with Gasteiger partial charge in [-0.2, -0.15) is 13.2 Å². The molecule has 0 saturated carbocycles. The molecule has 3 rings (SSSR count). The second-order valence-electron chi connectivity index (χ2n) is 10.5. The second kappa shape index (κ2) is 12.9. The van der Waals surface area contributed by atoms with Gasteiger partial charge in [0.2, 0.25) is 11.8 Å². The number of hydrogen-bond donors (Lipinski definition) is 1. The predicted octanol–water partition coefficient (Wildman–Crippen LogP) is 6.54. The third-order valence-electron chi connectivity index (χ3n) is 6.09. The van der Waals surface area contributed by atoms with E-state index in [2.05, 4.69) is 5.32 Å². The molecule has 0 radical (unpaired) electrons. The SMILES string of the molecule is CC(C(=O)NC(C)(C)C)N(Cc1ccc(Cl)cc1Cl)C(=O)CN(c1cccc(C(F)(F)F)c1)S(=O)(=O)c1ccccc1. The van der Waals surface area contributed by atoms with Crippen LogP contribution >= 0.6 is 23.2 Å². The molecule has 3 aromatic rings. The van der Waals surface area contributed by atoms with Crippen LogP contribution in [0, 0.1) is 0 Å². The minimum absolute atomic E-state index is 0.204. The predicted molar refractivity (Wildman–Crippen MR) is 157 cm³/mol. The first-order chi connectivity index (χ1) is 19.4.